The van der Waals surface area contributed by atoms with Crippen molar-refractivity contribution < 1.29 is 14.4 Å². The fourth-order valence-electron chi connectivity index (χ4n) is 0.678. The summed E-state index contributed by atoms with van der Waals surface area (Å²) >= 11 is 0. The molecular formula is C5H16K3N2O3Si. The fraction of sp³-hybridized carbons (Fsp3) is 1.00. The van der Waals surface area contributed by atoms with E-state index in [9.17, 15) is 0 Å². The van der Waals surface area contributed by atoms with Crippen molar-refractivity contribution >= 4 is 163 Å². The minimum absolute atomic E-state index is 0. The van der Waals surface area contributed by atoms with Gasteiger partial charge in [-0.1, -0.05) is 0 Å². The van der Waals surface area contributed by atoms with E-state index in [1.165, 1.54) is 0 Å². The molecule has 0 spiro atoms. The Balaban J connectivity index is -0.000000167. The van der Waals surface area contributed by atoms with Crippen molar-refractivity contribution in [1.29, 1.82) is 0 Å². The smallest absolute Gasteiger partial charge is 0.390 e. The molecule has 0 atom stereocenters. The zero-order valence-corrected chi connectivity index (χ0v) is 19.8. The molecule has 6 N–H and O–H groups in total. The summed E-state index contributed by atoms with van der Waals surface area (Å²) < 4.78 is 0. The fourth-order valence-corrected chi connectivity index (χ4v) is 1.33. The molecule has 0 aromatic carbocycles. The largest absolute Gasteiger partial charge is 0.492 e. The molecule has 0 saturated carbocycles. The summed E-state index contributed by atoms with van der Waals surface area (Å²) in [6.45, 7) is 1.95. The zero-order valence-electron chi connectivity index (χ0n) is 9.45. The molecule has 0 aliphatic rings. The Morgan fingerprint density at radius 1 is 1.00 bits per heavy atom. The molecule has 0 fully saturated rings. The van der Waals surface area contributed by atoms with Crippen LogP contribution in [0.2, 0.25) is 6.04 Å². The van der Waals surface area contributed by atoms with Gasteiger partial charge in [0.05, 0.1) is 0 Å². The average Bonchev–Trinajstić information content (AvgIpc) is 1.85. The predicted molar refractivity (Wildman–Crippen MR) is 61.0 cm³/mol. The molecule has 0 amide bonds. The molecular weight excluding hydrogens is 281 g/mol. The summed E-state index contributed by atoms with van der Waals surface area (Å²) in [7, 11) is -3.79. The van der Waals surface area contributed by atoms with Gasteiger partial charge in [-0.25, -0.2) is 0 Å². The Labute approximate surface area is 214 Å². The topological polar surface area (TPSA) is 98.7 Å². The summed E-state index contributed by atoms with van der Waals surface area (Å²) in [4.78, 5) is 25.7. The molecule has 0 aliphatic heterocycles. The van der Waals surface area contributed by atoms with E-state index >= 15 is 0 Å². The van der Waals surface area contributed by atoms with Gasteiger partial charge in [0.2, 0.25) is 0 Å². The summed E-state index contributed by atoms with van der Waals surface area (Å²) in [6.07, 6.45) is 0.565. The molecule has 3 radical (unpaired) electrons. The standard InChI is InChI=1S/C5H16N2O3Si.3K/c6-2-4-7-3-1-5-11(8,9)10;;;/h7-10H,1-6H2;;;. The van der Waals surface area contributed by atoms with Crippen LogP contribution in [0, 0.1) is 0 Å². The van der Waals surface area contributed by atoms with Crippen LogP contribution in [0.15, 0.2) is 0 Å². The van der Waals surface area contributed by atoms with E-state index in [2.05, 4.69) is 5.32 Å². The molecule has 0 saturated heterocycles. The van der Waals surface area contributed by atoms with E-state index in [1.807, 2.05) is 0 Å². The molecule has 0 bridgehead atoms. The van der Waals surface area contributed by atoms with Gasteiger partial charge >= 0.3 is 8.80 Å². The normalized spacial score (nSPS) is 9.43. The summed E-state index contributed by atoms with van der Waals surface area (Å²) in [5, 5.41) is 2.97. The summed E-state index contributed by atoms with van der Waals surface area (Å²) in [5.41, 5.74) is 5.19. The Bertz CT molecular complexity index is 107. The maximum Gasteiger partial charge on any atom is 0.492 e. The first-order chi connectivity index (χ1) is 5.06. The second-order valence-electron chi connectivity index (χ2n) is 2.42. The van der Waals surface area contributed by atoms with Crippen LogP contribution in [0.3, 0.4) is 0 Å². The molecule has 5 nitrogen and oxygen atoms in total. The third-order valence-electron chi connectivity index (χ3n) is 1.19. The van der Waals surface area contributed by atoms with Gasteiger partial charge in [0.15, 0.2) is 0 Å². The van der Waals surface area contributed by atoms with Crippen LogP contribution in [0.4, 0.5) is 0 Å². The van der Waals surface area contributed by atoms with Crippen LogP contribution in [0.1, 0.15) is 6.42 Å². The van der Waals surface area contributed by atoms with E-state index in [1.54, 1.807) is 0 Å². The van der Waals surface area contributed by atoms with Gasteiger partial charge in [-0.3, -0.25) is 0 Å². The first-order valence-corrected chi connectivity index (χ1v) is 5.69. The molecule has 9 heteroatoms. The Morgan fingerprint density at radius 2 is 1.50 bits per heavy atom. The molecule has 71 valence electrons. The molecule has 0 rings (SSSR count). The second kappa shape index (κ2) is 17.9. The first-order valence-electron chi connectivity index (χ1n) is 3.64. The van der Waals surface area contributed by atoms with Crippen LogP contribution < -0.4 is 11.1 Å². The number of nitrogens with two attached hydrogens (primary N) is 1. The quantitative estimate of drug-likeness (QED) is 0.261. The van der Waals surface area contributed by atoms with Gasteiger partial charge in [-0.2, -0.15) is 0 Å². The third-order valence-corrected chi connectivity index (χ3v) is 2.21. The van der Waals surface area contributed by atoms with E-state index in [0.29, 0.717) is 19.5 Å². The Kier molecular flexibility index (Phi) is 35.0. The van der Waals surface area contributed by atoms with Crippen molar-refractivity contribution in [3.63, 3.8) is 0 Å². The van der Waals surface area contributed by atoms with Crippen LogP contribution >= 0.6 is 0 Å². The van der Waals surface area contributed by atoms with Gasteiger partial charge < -0.3 is 25.4 Å². The summed E-state index contributed by atoms with van der Waals surface area (Å²) in [5.74, 6) is 0. The van der Waals surface area contributed by atoms with Gasteiger partial charge in [0, 0.05) is 173 Å². The van der Waals surface area contributed by atoms with Gasteiger partial charge in [-0.15, -0.1) is 0 Å². The minimum Gasteiger partial charge on any atom is -0.390 e. The van der Waals surface area contributed by atoms with E-state index < -0.39 is 8.80 Å². The van der Waals surface area contributed by atoms with Gasteiger partial charge in [0.25, 0.3) is 0 Å². The molecule has 14 heavy (non-hydrogen) atoms. The SMILES string of the molecule is NCCNCCC[Si](O)(O)O.[K].[K].[K]. The van der Waals surface area contributed by atoms with Gasteiger partial charge in [0.1, 0.15) is 0 Å². The molecule has 0 unspecified atom stereocenters. The predicted octanol–water partition coefficient (Wildman–Crippen LogP) is -3.30. The van der Waals surface area contributed by atoms with Crippen molar-refractivity contribution in [2.24, 2.45) is 5.73 Å². The average molecular weight is 298 g/mol. The number of rotatable bonds is 6. The number of hydrogen-bond acceptors (Lipinski definition) is 5. The van der Waals surface area contributed by atoms with Crippen molar-refractivity contribution in [3.05, 3.63) is 0 Å². The van der Waals surface area contributed by atoms with Gasteiger partial charge in [-0.05, 0) is 13.0 Å². The van der Waals surface area contributed by atoms with Crippen molar-refractivity contribution in [2.75, 3.05) is 19.6 Å². The van der Waals surface area contributed by atoms with Crippen molar-refractivity contribution in [1.82, 2.24) is 5.32 Å². The van der Waals surface area contributed by atoms with E-state index in [4.69, 9.17) is 20.1 Å². The maximum atomic E-state index is 8.57. The van der Waals surface area contributed by atoms with Crippen LogP contribution in [-0.2, 0) is 0 Å². The molecule has 0 aromatic heterocycles. The Hall–Kier alpha value is 4.93. The third kappa shape index (κ3) is 25.7. The maximum absolute atomic E-state index is 8.57. The summed E-state index contributed by atoms with van der Waals surface area (Å²) in [6, 6.07) is 0.0879. The molecule has 0 aliphatic carbocycles. The number of hydrogen-bond donors (Lipinski definition) is 5. The minimum atomic E-state index is -3.79. The molecule has 0 heterocycles. The number of nitrogens with one attached hydrogen (secondary N) is 1. The van der Waals surface area contributed by atoms with Crippen molar-refractivity contribution in [3.8, 4) is 0 Å². The van der Waals surface area contributed by atoms with Crippen LogP contribution in [0.5, 0.6) is 0 Å². The van der Waals surface area contributed by atoms with Crippen LogP contribution in [0.25, 0.3) is 0 Å². The zero-order chi connectivity index (χ0) is 8.74. The Morgan fingerprint density at radius 3 is 1.86 bits per heavy atom. The molecule has 0 aromatic rings. The first kappa shape index (κ1) is 27.3. The van der Waals surface area contributed by atoms with Crippen LogP contribution in [-0.4, -0.2) is 197 Å². The second-order valence-corrected chi connectivity index (χ2v) is 4.47. The van der Waals surface area contributed by atoms with E-state index in [0.717, 1.165) is 6.54 Å². The monoisotopic (exact) mass is 297 g/mol. The van der Waals surface area contributed by atoms with E-state index in [-0.39, 0.29) is 160 Å². The van der Waals surface area contributed by atoms with Crippen molar-refractivity contribution in [2.45, 2.75) is 12.5 Å².